The van der Waals surface area contributed by atoms with Crippen LogP contribution in [0, 0.1) is 0 Å². The Bertz CT molecular complexity index is 475. The summed E-state index contributed by atoms with van der Waals surface area (Å²) in [4.78, 5) is 17.4. The summed E-state index contributed by atoms with van der Waals surface area (Å²) in [6.45, 7) is 1.63. The van der Waals surface area contributed by atoms with Crippen molar-refractivity contribution in [1.29, 1.82) is 0 Å². The summed E-state index contributed by atoms with van der Waals surface area (Å²) in [6.07, 6.45) is 5.19. The summed E-state index contributed by atoms with van der Waals surface area (Å²) in [5, 5.41) is 12.3. The van der Waals surface area contributed by atoms with E-state index in [1.807, 2.05) is 0 Å². The Morgan fingerprint density at radius 3 is 2.85 bits per heavy atom. The zero-order valence-corrected chi connectivity index (χ0v) is 12.4. The first-order chi connectivity index (χ1) is 9.56. The van der Waals surface area contributed by atoms with Crippen LogP contribution in [0.15, 0.2) is 12.1 Å². The summed E-state index contributed by atoms with van der Waals surface area (Å²) in [7, 11) is 2.13. The Morgan fingerprint density at radius 1 is 1.50 bits per heavy atom. The van der Waals surface area contributed by atoms with Gasteiger partial charge in [0.25, 0.3) is 0 Å². The number of aromatic nitrogens is 1. The van der Waals surface area contributed by atoms with Crippen LogP contribution in [0.2, 0.25) is 5.15 Å². The van der Waals surface area contributed by atoms with E-state index in [9.17, 15) is 4.79 Å². The van der Waals surface area contributed by atoms with Gasteiger partial charge >= 0.3 is 5.97 Å². The van der Waals surface area contributed by atoms with Crippen LogP contribution in [0.4, 0.5) is 5.82 Å². The van der Waals surface area contributed by atoms with Gasteiger partial charge in [-0.25, -0.2) is 9.78 Å². The number of hydrogen-bond donors (Lipinski definition) is 2. The molecule has 110 valence electrons. The van der Waals surface area contributed by atoms with Gasteiger partial charge in [-0.1, -0.05) is 24.4 Å². The van der Waals surface area contributed by atoms with Crippen LogP contribution in [0.25, 0.3) is 0 Å². The van der Waals surface area contributed by atoms with E-state index in [-0.39, 0.29) is 10.7 Å². The maximum atomic E-state index is 10.9. The molecular formula is C14H20ClN3O2. The summed E-state index contributed by atoms with van der Waals surface area (Å²) < 4.78 is 0. The second kappa shape index (κ2) is 6.90. The van der Waals surface area contributed by atoms with Gasteiger partial charge < -0.3 is 15.3 Å². The quantitative estimate of drug-likeness (QED) is 0.790. The highest BCUT2D eigenvalue weighted by atomic mass is 35.5. The lowest BCUT2D eigenvalue weighted by atomic mass is 10.2. The number of hydrogen-bond acceptors (Lipinski definition) is 4. The lowest BCUT2D eigenvalue weighted by Gasteiger charge is -2.24. The van der Waals surface area contributed by atoms with Gasteiger partial charge in [-0.3, -0.25) is 0 Å². The summed E-state index contributed by atoms with van der Waals surface area (Å²) in [5.74, 6) is -0.491. The fraction of sp³-hybridized carbons (Fsp3) is 0.571. The minimum Gasteiger partial charge on any atom is -0.478 e. The van der Waals surface area contributed by atoms with E-state index < -0.39 is 5.97 Å². The molecule has 0 spiro atoms. The lowest BCUT2D eigenvalue weighted by molar-refractivity contribution is 0.0697. The van der Waals surface area contributed by atoms with Crippen LogP contribution in [0.3, 0.4) is 0 Å². The molecule has 1 aromatic rings. The standard InChI is InChI=1S/C14H20ClN3O2/c1-18(11-4-2-3-5-11)7-6-16-13-9-10(14(19)20)8-12(15)17-13/h8-9,11H,2-7H2,1H3,(H,16,17)(H,19,20). The Labute approximate surface area is 123 Å². The molecule has 1 aliphatic carbocycles. The van der Waals surface area contributed by atoms with Crippen LogP contribution in [0.1, 0.15) is 36.0 Å². The molecule has 0 atom stereocenters. The maximum Gasteiger partial charge on any atom is 0.335 e. The van der Waals surface area contributed by atoms with Gasteiger partial charge in [0.15, 0.2) is 0 Å². The first-order valence-corrected chi connectivity index (χ1v) is 7.29. The summed E-state index contributed by atoms with van der Waals surface area (Å²) >= 11 is 5.81. The molecule has 0 amide bonds. The SMILES string of the molecule is CN(CCNc1cc(C(=O)O)cc(Cl)n1)C1CCCC1. The van der Waals surface area contributed by atoms with Crippen LogP contribution >= 0.6 is 11.6 Å². The molecule has 6 heteroatoms. The molecule has 0 aromatic carbocycles. The van der Waals surface area contributed by atoms with Gasteiger partial charge in [-0.15, -0.1) is 0 Å². The van der Waals surface area contributed by atoms with Crippen molar-refractivity contribution >= 4 is 23.4 Å². The Morgan fingerprint density at radius 2 is 2.20 bits per heavy atom. The van der Waals surface area contributed by atoms with Crippen molar-refractivity contribution in [2.45, 2.75) is 31.7 Å². The third-order valence-corrected chi connectivity index (χ3v) is 3.95. The van der Waals surface area contributed by atoms with E-state index in [0.717, 1.165) is 13.1 Å². The van der Waals surface area contributed by atoms with E-state index >= 15 is 0 Å². The number of pyridine rings is 1. The molecule has 0 bridgehead atoms. The Hall–Kier alpha value is -1.33. The summed E-state index contributed by atoms with van der Waals surface area (Å²) in [5.41, 5.74) is 0.150. The van der Waals surface area contributed by atoms with Crippen LogP contribution in [-0.2, 0) is 0 Å². The molecule has 2 rings (SSSR count). The van der Waals surface area contributed by atoms with Crippen molar-refractivity contribution in [2.75, 3.05) is 25.5 Å². The molecular weight excluding hydrogens is 278 g/mol. The maximum absolute atomic E-state index is 10.9. The molecule has 20 heavy (non-hydrogen) atoms. The van der Waals surface area contributed by atoms with Gasteiger partial charge in [-0.05, 0) is 32.0 Å². The normalized spacial score (nSPS) is 15.8. The minimum absolute atomic E-state index is 0.150. The van der Waals surface area contributed by atoms with Crippen LogP contribution in [0.5, 0.6) is 0 Å². The van der Waals surface area contributed by atoms with Gasteiger partial charge in [0.05, 0.1) is 5.56 Å². The van der Waals surface area contributed by atoms with E-state index in [1.54, 1.807) is 0 Å². The average molecular weight is 298 g/mol. The van der Waals surface area contributed by atoms with Gasteiger partial charge in [0.2, 0.25) is 0 Å². The van der Waals surface area contributed by atoms with E-state index in [1.165, 1.54) is 37.8 Å². The molecule has 1 heterocycles. The van der Waals surface area contributed by atoms with Crippen molar-refractivity contribution < 1.29 is 9.90 Å². The number of carbonyl (C=O) groups is 1. The van der Waals surface area contributed by atoms with Gasteiger partial charge in [-0.2, -0.15) is 0 Å². The minimum atomic E-state index is -1.000. The van der Waals surface area contributed by atoms with Crippen molar-refractivity contribution in [3.63, 3.8) is 0 Å². The number of nitrogens with one attached hydrogen (secondary N) is 1. The number of carboxylic acids is 1. The zero-order chi connectivity index (χ0) is 14.5. The van der Waals surface area contributed by atoms with Crippen molar-refractivity contribution in [3.8, 4) is 0 Å². The number of rotatable bonds is 6. The fourth-order valence-corrected chi connectivity index (χ4v) is 2.81. The molecule has 0 unspecified atom stereocenters. The first kappa shape index (κ1) is 15.1. The number of nitrogens with zero attached hydrogens (tertiary/aromatic N) is 2. The lowest BCUT2D eigenvalue weighted by Crippen LogP contribution is -2.33. The van der Waals surface area contributed by atoms with E-state index in [4.69, 9.17) is 16.7 Å². The molecule has 0 aliphatic heterocycles. The second-order valence-corrected chi connectivity index (χ2v) is 5.60. The molecule has 0 radical (unpaired) electrons. The molecule has 5 nitrogen and oxygen atoms in total. The number of aromatic carboxylic acids is 1. The molecule has 1 saturated carbocycles. The van der Waals surface area contributed by atoms with Crippen molar-refractivity contribution in [1.82, 2.24) is 9.88 Å². The van der Waals surface area contributed by atoms with Gasteiger partial charge in [0.1, 0.15) is 11.0 Å². The topological polar surface area (TPSA) is 65.5 Å². The second-order valence-electron chi connectivity index (χ2n) is 5.21. The highest BCUT2D eigenvalue weighted by molar-refractivity contribution is 6.29. The first-order valence-electron chi connectivity index (χ1n) is 6.91. The van der Waals surface area contributed by atoms with E-state index in [0.29, 0.717) is 11.9 Å². The Kier molecular flexibility index (Phi) is 5.20. The summed E-state index contributed by atoms with van der Waals surface area (Å²) in [6, 6.07) is 3.53. The van der Waals surface area contributed by atoms with Crippen molar-refractivity contribution in [2.24, 2.45) is 0 Å². The van der Waals surface area contributed by atoms with Crippen LogP contribution in [-0.4, -0.2) is 47.1 Å². The predicted octanol–water partition coefficient (Wildman–Crippen LogP) is 2.72. The third-order valence-electron chi connectivity index (χ3n) is 3.76. The molecule has 0 saturated heterocycles. The predicted molar refractivity (Wildman–Crippen MR) is 79.6 cm³/mol. The largest absolute Gasteiger partial charge is 0.478 e. The van der Waals surface area contributed by atoms with Crippen LogP contribution < -0.4 is 5.32 Å². The third kappa shape index (κ3) is 4.08. The number of carboxylic acid groups (broad SMARTS) is 1. The molecule has 1 aromatic heterocycles. The van der Waals surface area contributed by atoms with Gasteiger partial charge in [0, 0.05) is 19.1 Å². The number of likely N-dealkylation sites (N-methyl/N-ethyl adjacent to an activating group) is 1. The fourth-order valence-electron chi connectivity index (χ4n) is 2.60. The Balaban J connectivity index is 1.85. The van der Waals surface area contributed by atoms with Crippen molar-refractivity contribution in [3.05, 3.63) is 22.8 Å². The monoisotopic (exact) mass is 297 g/mol. The molecule has 1 fully saturated rings. The average Bonchev–Trinajstić information content (AvgIpc) is 2.91. The smallest absolute Gasteiger partial charge is 0.335 e. The molecule has 1 aliphatic rings. The van der Waals surface area contributed by atoms with E-state index in [2.05, 4.69) is 22.2 Å². The number of anilines is 1. The zero-order valence-electron chi connectivity index (χ0n) is 11.6. The number of halogens is 1. The molecule has 2 N–H and O–H groups in total. The highest BCUT2D eigenvalue weighted by Crippen LogP contribution is 2.22. The highest BCUT2D eigenvalue weighted by Gasteiger charge is 2.18.